The van der Waals surface area contributed by atoms with Crippen molar-refractivity contribution < 1.29 is 19.1 Å². The Morgan fingerprint density at radius 1 is 1.50 bits per heavy atom. The zero-order chi connectivity index (χ0) is 17.3. The minimum absolute atomic E-state index is 0.0309. The third-order valence-corrected chi connectivity index (χ3v) is 4.23. The number of hydrogen-bond acceptors (Lipinski definition) is 6. The molecule has 0 radical (unpaired) electrons. The van der Waals surface area contributed by atoms with E-state index in [2.05, 4.69) is 4.98 Å². The molecule has 1 atom stereocenters. The molecule has 3 rings (SSSR count). The van der Waals surface area contributed by atoms with Crippen LogP contribution in [0.3, 0.4) is 0 Å². The van der Waals surface area contributed by atoms with Gasteiger partial charge in [-0.3, -0.25) is 9.69 Å². The van der Waals surface area contributed by atoms with E-state index >= 15 is 0 Å². The summed E-state index contributed by atoms with van der Waals surface area (Å²) < 4.78 is 11.5. The van der Waals surface area contributed by atoms with Crippen LogP contribution in [0.25, 0.3) is 11.1 Å². The van der Waals surface area contributed by atoms with Crippen LogP contribution in [0.4, 0.5) is 6.01 Å². The molecule has 1 saturated heterocycles. The van der Waals surface area contributed by atoms with Gasteiger partial charge < -0.3 is 19.2 Å². The molecule has 1 aromatic heterocycles. The number of rotatable bonds is 5. The van der Waals surface area contributed by atoms with Gasteiger partial charge in [-0.05, 0) is 19.2 Å². The fourth-order valence-electron chi connectivity index (χ4n) is 2.73. The van der Waals surface area contributed by atoms with Gasteiger partial charge in [0.1, 0.15) is 5.52 Å². The van der Waals surface area contributed by atoms with Crippen molar-refractivity contribution in [3.05, 3.63) is 22.2 Å². The Kier molecular flexibility index (Phi) is 5.15. The molecule has 24 heavy (non-hydrogen) atoms. The minimum Gasteiger partial charge on any atom is -0.480 e. The summed E-state index contributed by atoms with van der Waals surface area (Å²) in [5.41, 5.74) is 1.11. The second-order valence-corrected chi connectivity index (χ2v) is 6.61. The highest BCUT2D eigenvalue weighted by molar-refractivity contribution is 6.38. The number of carboxylic acid groups (broad SMARTS) is 1. The molecule has 0 amide bonds. The number of anilines is 1. The summed E-state index contributed by atoms with van der Waals surface area (Å²) in [6.45, 7) is 2.19. The van der Waals surface area contributed by atoms with Gasteiger partial charge in [-0.15, -0.1) is 0 Å². The highest BCUT2D eigenvalue weighted by Crippen LogP contribution is 2.31. The van der Waals surface area contributed by atoms with Crippen LogP contribution in [0.15, 0.2) is 16.5 Å². The Morgan fingerprint density at radius 3 is 3.04 bits per heavy atom. The summed E-state index contributed by atoms with van der Waals surface area (Å²) in [4.78, 5) is 18.9. The van der Waals surface area contributed by atoms with Gasteiger partial charge in [-0.2, -0.15) is 4.98 Å². The molecule has 1 N–H and O–H groups in total. The first-order valence-electron chi connectivity index (χ1n) is 7.45. The van der Waals surface area contributed by atoms with Gasteiger partial charge in [0.2, 0.25) is 0 Å². The first kappa shape index (κ1) is 17.3. The van der Waals surface area contributed by atoms with Crippen LogP contribution in [-0.2, 0) is 9.53 Å². The topological polar surface area (TPSA) is 79.0 Å². The van der Waals surface area contributed by atoms with E-state index in [9.17, 15) is 4.79 Å². The van der Waals surface area contributed by atoms with Crippen LogP contribution >= 0.6 is 23.2 Å². The highest BCUT2D eigenvalue weighted by atomic mass is 35.5. The van der Waals surface area contributed by atoms with Crippen molar-refractivity contribution in [1.29, 1.82) is 0 Å². The predicted molar refractivity (Wildman–Crippen MR) is 91.1 cm³/mol. The van der Waals surface area contributed by atoms with Crippen LogP contribution < -0.4 is 4.90 Å². The van der Waals surface area contributed by atoms with Crippen molar-refractivity contribution >= 4 is 46.3 Å². The number of hydrogen-bond donors (Lipinski definition) is 1. The fraction of sp³-hybridized carbons (Fsp3) is 0.467. The Morgan fingerprint density at radius 2 is 2.29 bits per heavy atom. The summed E-state index contributed by atoms with van der Waals surface area (Å²) in [6, 6.07) is 3.78. The number of morpholine rings is 1. The van der Waals surface area contributed by atoms with E-state index in [4.69, 9.17) is 37.5 Å². The normalized spacial score (nSPS) is 18.5. The summed E-state index contributed by atoms with van der Waals surface area (Å²) in [5, 5.41) is 9.75. The Bertz CT molecular complexity index is 752. The molecule has 9 heteroatoms. The minimum atomic E-state index is -0.865. The first-order valence-corrected chi connectivity index (χ1v) is 8.20. The van der Waals surface area contributed by atoms with Crippen LogP contribution in [0.5, 0.6) is 0 Å². The van der Waals surface area contributed by atoms with Crippen molar-refractivity contribution in [2.24, 2.45) is 0 Å². The number of ether oxygens (including phenoxy) is 1. The molecule has 0 aliphatic carbocycles. The highest BCUT2D eigenvalue weighted by Gasteiger charge is 2.26. The van der Waals surface area contributed by atoms with Gasteiger partial charge in [-0.25, -0.2) is 0 Å². The van der Waals surface area contributed by atoms with Crippen LogP contribution in [0.2, 0.25) is 10.0 Å². The smallest absolute Gasteiger partial charge is 0.317 e. The lowest BCUT2D eigenvalue weighted by Gasteiger charge is -2.33. The van der Waals surface area contributed by atoms with E-state index in [1.54, 1.807) is 24.1 Å². The number of aliphatic carboxylic acids is 1. The predicted octanol–water partition coefficient (Wildman–Crippen LogP) is 2.36. The number of fused-ring (bicyclic) bond motifs is 1. The molecule has 7 nitrogen and oxygen atoms in total. The number of likely N-dealkylation sites (N-methyl/N-ethyl adjacent to an activating group) is 1. The van der Waals surface area contributed by atoms with Gasteiger partial charge in [-0.1, -0.05) is 23.2 Å². The number of benzene rings is 1. The molecule has 1 aromatic carbocycles. The molecular formula is C15H17Cl2N3O4. The van der Waals surface area contributed by atoms with Gasteiger partial charge in [0.15, 0.2) is 5.58 Å². The molecule has 130 valence electrons. The van der Waals surface area contributed by atoms with Crippen molar-refractivity contribution in [3.8, 4) is 0 Å². The molecule has 0 bridgehead atoms. The molecule has 0 spiro atoms. The number of carboxylic acids is 1. The van der Waals surface area contributed by atoms with Crippen molar-refractivity contribution in [2.75, 3.05) is 44.7 Å². The second-order valence-electron chi connectivity index (χ2n) is 5.76. The lowest BCUT2D eigenvalue weighted by molar-refractivity contribution is -0.138. The lowest BCUT2D eigenvalue weighted by atomic mass is 10.2. The van der Waals surface area contributed by atoms with E-state index < -0.39 is 5.97 Å². The van der Waals surface area contributed by atoms with E-state index in [1.807, 2.05) is 4.90 Å². The SMILES string of the molecule is CN(CC(=O)O)CC1CN(c2nc3cc(Cl)cc(Cl)c3o2)CCO1. The number of aromatic nitrogens is 1. The summed E-state index contributed by atoms with van der Waals surface area (Å²) in [6.07, 6.45) is -0.128. The summed E-state index contributed by atoms with van der Waals surface area (Å²) >= 11 is 12.1. The largest absolute Gasteiger partial charge is 0.480 e. The summed E-state index contributed by atoms with van der Waals surface area (Å²) in [5.74, 6) is -0.865. The number of oxazole rings is 1. The third kappa shape index (κ3) is 3.92. The van der Waals surface area contributed by atoms with Gasteiger partial charge in [0.25, 0.3) is 6.01 Å². The molecule has 1 aliphatic rings. The maximum absolute atomic E-state index is 10.8. The van der Waals surface area contributed by atoms with Crippen LogP contribution in [-0.4, -0.2) is 66.9 Å². The van der Waals surface area contributed by atoms with Gasteiger partial charge in [0.05, 0.1) is 24.3 Å². The quantitative estimate of drug-likeness (QED) is 0.861. The Balaban J connectivity index is 1.72. The number of nitrogens with zero attached hydrogens (tertiary/aromatic N) is 3. The number of halogens is 2. The fourth-order valence-corrected chi connectivity index (χ4v) is 3.25. The van der Waals surface area contributed by atoms with Crippen LogP contribution in [0.1, 0.15) is 0 Å². The molecule has 1 aliphatic heterocycles. The lowest BCUT2D eigenvalue weighted by Crippen LogP contribution is -2.47. The van der Waals surface area contributed by atoms with E-state index in [-0.39, 0.29) is 12.6 Å². The molecule has 1 fully saturated rings. The molecule has 2 aromatic rings. The van der Waals surface area contributed by atoms with E-state index in [0.717, 1.165) is 0 Å². The molecule has 0 saturated carbocycles. The maximum atomic E-state index is 10.8. The van der Waals surface area contributed by atoms with E-state index in [0.29, 0.717) is 53.4 Å². The molecule has 2 heterocycles. The van der Waals surface area contributed by atoms with Crippen molar-refractivity contribution in [2.45, 2.75) is 6.10 Å². The standard InChI is InChI=1S/C15H17Cl2N3O4/c1-19(8-13(21)22)6-10-7-20(2-3-23-10)15-18-12-5-9(16)4-11(17)14(12)24-15/h4-5,10H,2-3,6-8H2,1H3,(H,21,22). The Hall–Kier alpha value is -1.54. The Labute approximate surface area is 148 Å². The van der Waals surface area contributed by atoms with E-state index in [1.165, 1.54) is 0 Å². The molecular weight excluding hydrogens is 357 g/mol. The second kappa shape index (κ2) is 7.14. The third-order valence-electron chi connectivity index (χ3n) is 3.73. The van der Waals surface area contributed by atoms with Crippen LogP contribution in [0, 0.1) is 0 Å². The monoisotopic (exact) mass is 373 g/mol. The van der Waals surface area contributed by atoms with Crippen molar-refractivity contribution in [1.82, 2.24) is 9.88 Å². The zero-order valence-corrected chi connectivity index (χ0v) is 14.5. The van der Waals surface area contributed by atoms with Gasteiger partial charge >= 0.3 is 5.97 Å². The van der Waals surface area contributed by atoms with Crippen molar-refractivity contribution in [3.63, 3.8) is 0 Å². The summed E-state index contributed by atoms with van der Waals surface area (Å²) in [7, 11) is 1.75. The average Bonchev–Trinajstić information content (AvgIpc) is 2.90. The molecule has 1 unspecified atom stereocenters. The average molecular weight is 374 g/mol. The maximum Gasteiger partial charge on any atom is 0.317 e. The van der Waals surface area contributed by atoms with Gasteiger partial charge in [0, 0.05) is 24.7 Å². The number of carbonyl (C=O) groups is 1. The first-order chi connectivity index (χ1) is 11.4. The zero-order valence-electron chi connectivity index (χ0n) is 13.0.